The summed E-state index contributed by atoms with van der Waals surface area (Å²) >= 11 is 0. The van der Waals surface area contributed by atoms with Crippen LogP contribution in [0.4, 0.5) is 0 Å². The number of ether oxygens (including phenoxy) is 1. The molecule has 5 heteroatoms. The lowest BCUT2D eigenvalue weighted by Gasteiger charge is -2.19. The van der Waals surface area contributed by atoms with Gasteiger partial charge in [-0.1, -0.05) is 30.4 Å². The second kappa shape index (κ2) is 9.25. The van der Waals surface area contributed by atoms with Gasteiger partial charge in [0.1, 0.15) is 0 Å². The van der Waals surface area contributed by atoms with Crippen molar-refractivity contribution in [3.8, 4) is 0 Å². The molecule has 0 saturated carbocycles. The van der Waals surface area contributed by atoms with Crippen molar-refractivity contribution < 1.29 is 24.9 Å². The zero-order valence-electron chi connectivity index (χ0n) is 11.2. The van der Waals surface area contributed by atoms with Gasteiger partial charge in [0, 0.05) is 6.42 Å². The van der Waals surface area contributed by atoms with Gasteiger partial charge in [0.2, 0.25) is 0 Å². The average molecular weight is 280 g/mol. The molecule has 0 aromatic rings. The first-order valence-corrected chi connectivity index (χ1v) is 6.46. The second-order valence-electron chi connectivity index (χ2n) is 4.31. The average Bonchev–Trinajstić information content (AvgIpc) is 2.42. The molecular formula is C15H20O5. The van der Waals surface area contributed by atoms with Gasteiger partial charge in [0.15, 0.2) is 0 Å². The summed E-state index contributed by atoms with van der Waals surface area (Å²) in [4.78, 5) is 10.5. The Morgan fingerprint density at radius 1 is 1.30 bits per heavy atom. The van der Waals surface area contributed by atoms with E-state index in [9.17, 15) is 4.79 Å². The molecule has 1 aliphatic carbocycles. The number of rotatable bonds is 8. The van der Waals surface area contributed by atoms with Gasteiger partial charge in [0.05, 0.1) is 32.3 Å². The fraction of sp³-hybridized carbons (Fsp3) is 0.400. The second-order valence-corrected chi connectivity index (χ2v) is 4.31. The third kappa shape index (κ3) is 6.47. The fourth-order valence-corrected chi connectivity index (χ4v) is 1.84. The molecule has 0 radical (unpaired) electrons. The van der Waals surface area contributed by atoms with E-state index in [1.807, 2.05) is 18.2 Å². The van der Waals surface area contributed by atoms with Gasteiger partial charge < -0.3 is 20.1 Å². The monoisotopic (exact) mass is 280 g/mol. The molecule has 110 valence electrons. The number of carbonyl (C=O) groups is 1. The van der Waals surface area contributed by atoms with Crippen molar-refractivity contribution in [1.82, 2.24) is 0 Å². The molecule has 0 saturated heterocycles. The van der Waals surface area contributed by atoms with Crippen molar-refractivity contribution in [2.45, 2.75) is 18.9 Å². The smallest absolute Gasteiger partial charge is 0.305 e. The zero-order chi connectivity index (χ0) is 14.8. The molecule has 3 N–H and O–H groups in total. The third-order valence-corrected chi connectivity index (χ3v) is 2.67. The van der Waals surface area contributed by atoms with Gasteiger partial charge in [0.25, 0.3) is 0 Å². The molecule has 0 amide bonds. The molecule has 0 heterocycles. The van der Waals surface area contributed by atoms with Crippen LogP contribution in [0.3, 0.4) is 0 Å². The van der Waals surface area contributed by atoms with E-state index in [0.717, 1.165) is 11.1 Å². The molecule has 1 unspecified atom stereocenters. The number of hydrogen-bond acceptors (Lipinski definition) is 4. The fourth-order valence-electron chi connectivity index (χ4n) is 1.84. The summed E-state index contributed by atoms with van der Waals surface area (Å²) in [6.07, 6.45) is 11.1. The lowest BCUT2D eigenvalue weighted by molar-refractivity contribution is -0.138. The summed E-state index contributed by atoms with van der Waals surface area (Å²) in [6.45, 7) is 0.0788. The standard InChI is InChI=1S/C15H20O5/c16-6-1-3-12-9-13(4-2-7-17)11-14(10-12)20-8-5-15(18)19/h1-4,9-10,14,16-17H,5-8,11H2,(H,18,19)/b3-1+,4-2+. The van der Waals surface area contributed by atoms with E-state index >= 15 is 0 Å². The molecular weight excluding hydrogens is 260 g/mol. The van der Waals surface area contributed by atoms with Gasteiger partial charge in [-0.3, -0.25) is 4.79 Å². The third-order valence-electron chi connectivity index (χ3n) is 2.67. The first-order chi connectivity index (χ1) is 9.65. The van der Waals surface area contributed by atoms with Gasteiger partial charge in [-0.15, -0.1) is 0 Å². The van der Waals surface area contributed by atoms with Crippen molar-refractivity contribution in [2.24, 2.45) is 0 Å². The first-order valence-electron chi connectivity index (χ1n) is 6.46. The Labute approximate surface area is 118 Å². The quantitative estimate of drug-likeness (QED) is 0.622. The summed E-state index contributed by atoms with van der Waals surface area (Å²) in [7, 11) is 0. The molecule has 5 nitrogen and oxygen atoms in total. The Bertz CT molecular complexity index is 432. The SMILES string of the molecule is O=C(O)CCOC1C=C(/C=C/CO)C=C(/C=C/CO)C1. The highest BCUT2D eigenvalue weighted by Crippen LogP contribution is 2.22. The molecule has 0 aromatic carbocycles. The minimum Gasteiger partial charge on any atom is -0.481 e. The maximum atomic E-state index is 10.5. The van der Waals surface area contributed by atoms with Crippen LogP contribution in [0.15, 0.2) is 47.6 Å². The Morgan fingerprint density at radius 3 is 2.65 bits per heavy atom. The molecule has 0 spiro atoms. The number of aliphatic hydroxyl groups is 2. The molecule has 0 aromatic heterocycles. The van der Waals surface area contributed by atoms with E-state index in [0.29, 0.717) is 6.42 Å². The van der Waals surface area contributed by atoms with Crippen LogP contribution in [0.1, 0.15) is 12.8 Å². The normalized spacial score (nSPS) is 19.4. The van der Waals surface area contributed by atoms with E-state index in [2.05, 4.69) is 0 Å². The highest BCUT2D eigenvalue weighted by molar-refractivity contribution is 5.66. The van der Waals surface area contributed by atoms with E-state index in [-0.39, 0.29) is 32.3 Å². The number of hydrogen-bond donors (Lipinski definition) is 3. The van der Waals surface area contributed by atoms with Crippen molar-refractivity contribution in [3.63, 3.8) is 0 Å². The number of carboxylic acids is 1. The van der Waals surface area contributed by atoms with Crippen LogP contribution < -0.4 is 0 Å². The Hall–Kier alpha value is -1.69. The summed E-state index contributed by atoms with van der Waals surface area (Å²) in [5, 5.41) is 26.2. The predicted molar refractivity (Wildman–Crippen MR) is 75.2 cm³/mol. The van der Waals surface area contributed by atoms with Crippen LogP contribution in [0.2, 0.25) is 0 Å². The van der Waals surface area contributed by atoms with Crippen molar-refractivity contribution >= 4 is 5.97 Å². The predicted octanol–water partition coefficient (Wildman–Crippen LogP) is 1.20. The largest absolute Gasteiger partial charge is 0.481 e. The van der Waals surface area contributed by atoms with Crippen molar-refractivity contribution in [2.75, 3.05) is 19.8 Å². The minimum atomic E-state index is -0.888. The Kier molecular flexibility index (Phi) is 7.57. The molecule has 0 bridgehead atoms. The number of allylic oxidation sites excluding steroid dienone is 4. The summed E-state index contributed by atoms with van der Waals surface area (Å²) in [5.41, 5.74) is 1.88. The van der Waals surface area contributed by atoms with Crippen LogP contribution in [-0.2, 0) is 9.53 Å². The Morgan fingerprint density at radius 2 is 2.00 bits per heavy atom. The van der Waals surface area contributed by atoms with Crippen LogP contribution in [0.5, 0.6) is 0 Å². The molecule has 0 aliphatic heterocycles. The van der Waals surface area contributed by atoms with Crippen molar-refractivity contribution in [1.29, 1.82) is 0 Å². The molecule has 0 fully saturated rings. The van der Waals surface area contributed by atoms with Crippen LogP contribution in [0, 0.1) is 0 Å². The van der Waals surface area contributed by atoms with Gasteiger partial charge >= 0.3 is 5.97 Å². The number of carboxylic acid groups (broad SMARTS) is 1. The lowest BCUT2D eigenvalue weighted by Crippen LogP contribution is -2.16. The van der Waals surface area contributed by atoms with Crippen molar-refractivity contribution in [3.05, 3.63) is 47.6 Å². The van der Waals surface area contributed by atoms with Crippen LogP contribution in [0.25, 0.3) is 0 Å². The van der Waals surface area contributed by atoms with Gasteiger partial charge in [-0.25, -0.2) is 0 Å². The summed E-state index contributed by atoms with van der Waals surface area (Å²) in [5.74, 6) is -0.888. The highest BCUT2D eigenvalue weighted by Gasteiger charge is 2.14. The van der Waals surface area contributed by atoms with E-state index < -0.39 is 5.97 Å². The van der Waals surface area contributed by atoms with Crippen LogP contribution >= 0.6 is 0 Å². The van der Waals surface area contributed by atoms with E-state index in [1.54, 1.807) is 18.2 Å². The van der Waals surface area contributed by atoms with Gasteiger partial charge in [-0.05, 0) is 17.2 Å². The van der Waals surface area contributed by atoms with E-state index in [1.165, 1.54) is 0 Å². The highest BCUT2D eigenvalue weighted by atomic mass is 16.5. The van der Waals surface area contributed by atoms with Gasteiger partial charge in [-0.2, -0.15) is 0 Å². The maximum Gasteiger partial charge on any atom is 0.305 e. The lowest BCUT2D eigenvalue weighted by atomic mass is 9.96. The molecule has 20 heavy (non-hydrogen) atoms. The van der Waals surface area contributed by atoms with E-state index in [4.69, 9.17) is 20.1 Å². The minimum absolute atomic E-state index is 0.0301. The molecule has 1 atom stereocenters. The summed E-state index contributed by atoms with van der Waals surface area (Å²) in [6, 6.07) is 0. The maximum absolute atomic E-state index is 10.5. The summed E-state index contributed by atoms with van der Waals surface area (Å²) < 4.78 is 5.52. The molecule has 1 rings (SSSR count). The molecule has 1 aliphatic rings. The topological polar surface area (TPSA) is 87.0 Å². The number of aliphatic hydroxyl groups excluding tert-OH is 2. The number of aliphatic carboxylic acids is 1. The van der Waals surface area contributed by atoms with Crippen LogP contribution in [-0.4, -0.2) is 47.2 Å². The zero-order valence-corrected chi connectivity index (χ0v) is 11.2. The Balaban J connectivity index is 2.69. The first kappa shape index (κ1) is 16.4.